The van der Waals surface area contributed by atoms with E-state index in [1.54, 1.807) is 0 Å². The predicted octanol–water partition coefficient (Wildman–Crippen LogP) is 2.46. The minimum atomic E-state index is 0.269. The lowest BCUT2D eigenvalue weighted by Gasteiger charge is -2.17. The number of ether oxygens (including phenoxy) is 1. The lowest BCUT2D eigenvalue weighted by atomic mass is 9.90. The molecule has 0 rings (SSSR count). The van der Waals surface area contributed by atoms with Gasteiger partial charge in [-0.25, -0.2) is 0 Å². The third kappa shape index (κ3) is 7.25. The molecule has 0 bridgehead atoms. The fourth-order valence-electron chi connectivity index (χ4n) is 1.01. The predicted molar refractivity (Wildman–Crippen MR) is 51.9 cm³/mol. The van der Waals surface area contributed by atoms with Gasteiger partial charge in [0.05, 0.1) is 0 Å². The zero-order valence-electron chi connectivity index (χ0n) is 8.35. The van der Waals surface area contributed by atoms with Gasteiger partial charge in [0.15, 0.2) is 13.1 Å². The summed E-state index contributed by atoms with van der Waals surface area (Å²) in [5.41, 5.74) is 1.35. The van der Waals surface area contributed by atoms with Crippen molar-refractivity contribution < 1.29 is 4.74 Å². The van der Waals surface area contributed by atoms with Crippen molar-refractivity contribution in [2.75, 3.05) is 6.73 Å². The SMILES string of the molecule is C/C(CC(C)(C)C)=N/COC=N. The van der Waals surface area contributed by atoms with Crippen LogP contribution in [0.5, 0.6) is 0 Å². The van der Waals surface area contributed by atoms with Crippen LogP contribution in [0.2, 0.25) is 0 Å². The van der Waals surface area contributed by atoms with E-state index in [1.807, 2.05) is 6.92 Å². The molecule has 0 fully saturated rings. The fraction of sp³-hybridized carbons (Fsp3) is 0.778. The molecule has 70 valence electrons. The molecule has 0 aromatic carbocycles. The van der Waals surface area contributed by atoms with Gasteiger partial charge in [0, 0.05) is 5.71 Å². The molecule has 0 heterocycles. The van der Waals surface area contributed by atoms with Crippen LogP contribution in [0.4, 0.5) is 0 Å². The van der Waals surface area contributed by atoms with E-state index in [-0.39, 0.29) is 12.1 Å². The number of aliphatic imine (C=N–C) groups is 1. The van der Waals surface area contributed by atoms with Crippen LogP contribution < -0.4 is 0 Å². The Kier molecular flexibility index (Phi) is 4.55. The second-order valence-corrected chi connectivity index (χ2v) is 4.04. The summed E-state index contributed by atoms with van der Waals surface area (Å²) in [6, 6.07) is 0. The third-order valence-electron chi connectivity index (χ3n) is 1.28. The van der Waals surface area contributed by atoms with E-state index in [0.29, 0.717) is 0 Å². The van der Waals surface area contributed by atoms with Gasteiger partial charge in [0.25, 0.3) is 0 Å². The summed E-state index contributed by atoms with van der Waals surface area (Å²) in [6.45, 7) is 8.76. The summed E-state index contributed by atoms with van der Waals surface area (Å²) in [4.78, 5) is 4.14. The van der Waals surface area contributed by atoms with Crippen LogP contribution in [0, 0.1) is 10.8 Å². The van der Waals surface area contributed by atoms with E-state index in [9.17, 15) is 0 Å². The number of hydrogen-bond donors (Lipinski definition) is 1. The van der Waals surface area contributed by atoms with E-state index >= 15 is 0 Å². The first-order chi connectivity index (χ1) is 5.45. The monoisotopic (exact) mass is 170 g/mol. The van der Waals surface area contributed by atoms with Gasteiger partial charge in [-0.15, -0.1) is 0 Å². The molecule has 0 saturated carbocycles. The highest BCUT2D eigenvalue weighted by molar-refractivity contribution is 5.82. The molecule has 0 aromatic heterocycles. The van der Waals surface area contributed by atoms with Crippen LogP contribution in [0.3, 0.4) is 0 Å². The van der Waals surface area contributed by atoms with Gasteiger partial charge >= 0.3 is 0 Å². The van der Waals surface area contributed by atoms with E-state index in [1.165, 1.54) is 0 Å². The van der Waals surface area contributed by atoms with Crippen molar-refractivity contribution in [2.45, 2.75) is 34.1 Å². The zero-order chi connectivity index (χ0) is 9.61. The van der Waals surface area contributed by atoms with Crippen molar-refractivity contribution in [1.82, 2.24) is 0 Å². The van der Waals surface area contributed by atoms with Crippen molar-refractivity contribution in [3.8, 4) is 0 Å². The molecule has 0 saturated heterocycles. The smallest absolute Gasteiger partial charge is 0.180 e. The second kappa shape index (κ2) is 4.91. The molecule has 0 aliphatic carbocycles. The highest BCUT2D eigenvalue weighted by atomic mass is 16.5. The summed E-state index contributed by atoms with van der Waals surface area (Å²) in [5.74, 6) is 0. The van der Waals surface area contributed by atoms with Gasteiger partial charge in [-0.1, -0.05) is 20.8 Å². The molecule has 0 aliphatic heterocycles. The van der Waals surface area contributed by atoms with Crippen LogP contribution in [0.25, 0.3) is 0 Å². The average molecular weight is 170 g/mol. The Morgan fingerprint density at radius 3 is 2.50 bits per heavy atom. The summed E-state index contributed by atoms with van der Waals surface area (Å²) in [7, 11) is 0. The quantitative estimate of drug-likeness (QED) is 0.393. The Hall–Kier alpha value is -0.860. The van der Waals surface area contributed by atoms with Crippen LogP contribution in [-0.2, 0) is 4.74 Å². The van der Waals surface area contributed by atoms with Crippen LogP contribution in [0.1, 0.15) is 34.1 Å². The van der Waals surface area contributed by atoms with Gasteiger partial charge < -0.3 is 4.74 Å². The molecule has 3 heteroatoms. The summed E-state index contributed by atoms with van der Waals surface area (Å²) in [6.07, 6.45) is 1.88. The topological polar surface area (TPSA) is 45.4 Å². The van der Waals surface area contributed by atoms with Crippen LogP contribution in [-0.4, -0.2) is 18.8 Å². The maximum atomic E-state index is 6.61. The normalized spacial score (nSPS) is 12.8. The fourth-order valence-corrected chi connectivity index (χ4v) is 1.01. The lowest BCUT2D eigenvalue weighted by Crippen LogP contribution is -2.11. The highest BCUT2D eigenvalue weighted by Gasteiger charge is 2.10. The van der Waals surface area contributed by atoms with E-state index in [4.69, 9.17) is 5.41 Å². The van der Waals surface area contributed by atoms with Gasteiger partial charge in [-0.05, 0) is 18.8 Å². The average Bonchev–Trinajstić information content (AvgIpc) is 1.84. The van der Waals surface area contributed by atoms with E-state index in [0.717, 1.165) is 18.5 Å². The van der Waals surface area contributed by atoms with E-state index < -0.39 is 0 Å². The minimum absolute atomic E-state index is 0.269. The number of nitrogens with zero attached hydrogens (tertiary/aromatic N) is 1. The number of nitrogens with one attached hydrogen (secondary N) is 1. The summed E-state index contributed by atoms with van der Waals surface area (Å²) >= 11 is 0. The Morgan fingerprint density at radius 2 is 2.08 bits per heavy atom. The van der Waals surface area contributed by atoms with Gasteiger partial charge in [0.2, 0.25) is 0 Å². The molecule has 0 unspecified atom stereocenters. The molecule has 0 aliphatic rings. The number of hydrogen-bond acceptors (Lipinski definition) is 3. The summed E-state index contributed by atoms with van der Waals surface area (Å²) in [5, 5.41) is 6.61. The molecular formula is C9H18N2O. The lowest BCUT2D eigenvalue weighted by molar-refractivity contribution is 0.330. The minimum Gasteiger partial charge on any atom is -0.461 e. The van der Waals surface area contributed by atoms with Crippen molar-refractivity contribution >= 4 is 12.1 Å². The third-order valence-corrected chi connectivity index (χ3v) is 1.28. The molecule has 1 N–H and O–H groups in total. The first-order valence-electron chi connectivity index (χ1n) is 4.06. The Balaban J connectivity index is 3.77. The first-order valence-corrected chi connectivity index (χ1v) is 4.06. The molecule has 0 spiro atoms. The second-order valence-electron chi connectivity index (χ2n) is 4.04. The largest absolute Gasteiger partial charge is 0.461 e. The van der Waals surface area contributed by atoms with Gasteiger partial charge in [-0.2, -0.15) is 0 Å². The van der Waals surface area contributed by atoms with E-state index in [2.05, 4.69) is 30.5 Å². The van der Waals surface area contributed by atoms with Crippen molar-refractivity contribution in [2.24, 2.45) is 10.4 Å². The van der Waals surface area contributed by atoms with Gasteiger partial charge in [-0.3, -0.25) is 10.4 Å². The Morgan fingerprint density at radius 1 is 1.50 bits per heavy atom. The van der Waals surface area contributed by atoms with Gasteiger partial charge in [0.1, 0.15) is 0 Å². The molecule has 3 nitrogen and oxygen atoms in total. The molecular weight excluding hydrogens is 152 g/mol. The Labute approximate surface area is 74.4 Å². The molecule has 0 aromatic rings. The first kappa shape index (κ1) is 11.1. The molecule has 12 heavy (non-hydrogen) atoms. The van der Waals surface area contributed by atoms with Crippen molar-refractivity contribution in [3.63, 3.8) is 0 Å². The standard InChI is InChI=1S/C9H18N2O/c1-8(5-9(2,3)4)11-7-12-6-10/h6,10H,5,7H2,1-4H3/b10-6?,11-8-. The van der Waals surface area contributed by atoms with Crippen molar-refractivity contribution in [1.29, 1.82) is 5.41 Å². The van der Waals surface area contributed by atoms with Crippen molar-refractivity contribution in [3.05, 3.63) is 0 Å². The van der Waals surface area contributed by atoms with Crippen LogP contribution in [0.15, 0.2) is 4.99 Å². The summed E-state index contributed by atoms with van der Waals surface area (Å²) < 4.78 is 4.67. The maximum absolute atomic E-state index is 6.61. The maximum Gasteiger partial charge on any atom is 0.180 e. The highest BCUT2D eigenvalue weighted by Crippen LogP contribution is 2.18. The number of rotatable bonds is 4. The molecule has 0 atom stereocenters. The van der Waals surface area contributed by atoms with Crippen LogP contribution >= 0.6 is 0 Å². The zero-order valence-corrected chi connectivity index (χ0v) is 8.35. The molecule has 0 radical (unpaired) electrons. The Bertz CT molecular complexity index is 168. The molecule has 0 amide bonds.